The van der Waals surface area contributed by atoms with Crippen LogP contribution in [0.1, 0.15) is 91.3 Å². The van der Waals surface area contributed by atoms with Crippen molar-refractivity contribution < 1.29 is 28.0 Å². The fourth-order valence-electron chi connectivity index (χ4n) is 6.62. The fourth-order valence-corrected chi connectivity index (χ4v) is 6.78. The predicted octanol–water partition coefficient (Wildman–Crippen LogP) is 11.3. The average Bonchev–Trinajstić information content (AvgIpc) is 4.09. The summed E-state index contributed by atoms with van der Waals surface area (Å²) in [7, 11) is 0. The second-order valence-electron chi connectivity index (χ2n) is 15.8. The molecule has 3 N–H and O–H groups in total. The molecule has 4 unspecified atom stereocenters. The lowest BCUT2D eigenvalue weighted by Crippen LogP contribution is -2.16. The molecule has 9 nitrogen and oxygen atoms in total. The highest BCUT2D eigenvalue weighted by Crippen LogP contribution is 2.54. The topological polar surface area (TPSA) is 145 Å². The number of fused-ring (bicyclic) bond motifs is 1. The van der Waals surface area contributed by atoms with Gasteiger partial charge in [0.05, 0.1) is 17.4 Å². The molecule has 2 amide bonds. The van der Waals surface area contributed by atoms with Crippen LogP contribution in [0.4, 0.5) is 14.6 Å². The number of aryl methyl sites for hydroxylation is 1. The van der Waals surface area contributed by atoms with Gasteiger partial charge in [0.2, 0.25) is 11.8 Å². The normalized spacial score (nSPS) is 19.5. The molecule has 3 heterocycles. The second kappa shape index (κ2) is 22.2. The maximum Gasteiger partial charge on any atom is 0.231 e. The first-order valence-corrected chi connectivity index (χ1v) is 20.8. The van der Waals surface area contributed by atoms with E-state index in [1.54, 1.807) is 56.7 Å². The summed E-state index contributed by atoms with van der Waals surface area (Å²) in [5, 5.41) is 4.01. The summed E-state index contributed by atoms with van der Waals surface area (Å²) < 4.78 is 25.5. The van der Waals surface area contributed by atoms with Crippen molar-refractivity contribution >= 4 is 63.4 Å². The van der Waals surface area contributed by atoms with E-state index < -0.39 is 35.5 Å². The third-order valence-corrected chi connectivity index (χ3v) is 10.9. The summed E-state index contributed by atoms with van der Waals surface area (Å²) in [4.78, 5) is 58.7. The van der Waals surface area contributed by atoms with E-state index in [4.69, 9.17) is 17.3 Å². The van der Waals surface area contributed by atoms with Gasteiger partial charge in [0.15, 0.2) is 11.6 Å². The molecule has 328 valence electrons. The van der Waals surface area contributed by atoms with Gasteiger partial charge in [0, 0.05) is 65.0 Å². The fraction of sp³-hybridized carbons (Fsp3) is 0.340. The zero-order valence-corrected chi connectivity index (χ0v) is 37.9. The lowest BCUT2D eigenvalue weighted by Gasteiger charge is -2.12. The van der Waals surface area contributed by atoms with Gasteiger partial charge in [-0.05, 0) is 110 Å². The number of nitrogens with one attached hydrogen (secondary N) is 1. The molecule has 0 aromatic carbocycles. The third-order valence-electron chi connectivity index (χ3n) is 10.7. The number of Topliss-reactive ketones (excluding diaryl/α,β-unsaturated/α-hetero) is 2. The van der Waals surface area contributed by atoms with Crippen LogP contribution in [0.25, 0.3) is 22.6 Å². The van der Waals surface area contributed by atoms with Crippen LogP contribution in [0.2, 0.25) is 5.15 Å². The molecule has 2 saturated carbocycles. The highest BCUT2D eigenvalue weighted by Gasteiger charge is 2.62. The zero-order valence-electron chi connectivity index (χ0n) is 37.2. The Bertz CT molecular complexity index is 2430. The number of ketones is 2. The average molecular weight is 866 g/mol. The molecule has 2 fully saturated rings. The maximum atomic E-state index is 13.0. The van der Waals surface area contributed by atoms with Crippen molar-refractivity contribution in [2.75, 3.05) is 5.32 Å². The molecule has 12 heteroatoms. The molecular formula is C50H58ClF2N5O4. The standard InChI is InChI=1S/C25H29FN2O2.C19H19ClN2O.C6H10FNO/c1-7-18(20(8-2)16(5)10-17(6)23(29)9-3)12-19-14-27-24(11-15(19)4)28-25(30)21-13-22(21)26;1-5-16(12(3)7-13(4)18(23)6-2)14-8-15-11-22-19(20)9-17(15)21-10-14;1-6(2)3(4(6)7)5(8)9/h7-8,10-12,14,21-22H,1,6,9,13H2,2-5H3,(H,27,28,30);5,7-11H,4,6H2,1-3H3;3-4H,1-2H3,(H2,8,9)/b16-10-,18-12+,20-8+;12-7-,16-5+;. The van der Waals surface area contributed by atoms with E-state index in [2.05, 4.69) is 40.0 Å². The quantitative estimate of drug-likeness (QED) is 0.0879. The van der Waals surface area contributed by atoms with Crippen LogP contribution in [0.15, 0.2) is 120 Å². The Morgan fingerprint density at radius 2 is 1.50 bits per heavy atom. The van der Waals surface area contributed by atoms with Gasteiger partial charge in [0.25, 0.3) is 0 Å². The number of aromatic nitrogens is 3. The van der Waals surface area contributed by atoms with Crippen molar-refractivity contribution in [2.24, 2.45) is 23.0 Å². The Morgan fingerprint density at radius 3 is 1.95 bits per heavy atom. The van der Waals surface area contributed by atoms with E-state index in [-0.39, 0.29) is 23.9 Å². The highest BCUT2D eigenvalue weighted by atomic mass is 35.5. The number of amides is 2. The lowest BCUT2D eigenvalue weighted by atomic mass is 9.94. The van der Waals surface area contributed by atoms with Gasteiger partial charge in [-0.15, -0.1) is 0 Å². The van der Waals surface area contributed by atoms with Gasteiger partial charge in [-0.2, -0.15) is 0 Å². The van der Waals surface area contributed by atoms with Crippen molar-refractivity contribution in [3.63, 3.8) is 0 Å². The molecule has 5 rings (SSSR count). The molecule has 4 atom stereocenters. The summed E-state index contributed by atoms with van der Waals surface area (Å²) in [5.41, 5.74) is 13.7. The van der Waals surface area contributed by atoms with Crippen molar-refractivity contribution in [3.8, 4) is 0 Å². The van der Waals surface area contributed by atoms with Crippen LogP contribution in [-0.2, 0) is 19.2 Å². The minimum atomic E-state index is -1.04. The molecule has 2 aliphatic rings. The van der Waals surface area contributed by atoms with Gasteiger partial charge in [-0.25, -0.2) is 18.7 Å². The van der Waals surface area contributed by atoms with Crippen molar-refractivity contribution in [2.45, 2.75) is 93.9 Å². The van der Waals surface area contributed by atoms with Gasteiger partial charge in [0.1, 0.15) is 23.3 Å². The maximum absolute atomic E-state index is 13.0. The Balaban J connectivity index is 0.000000281. The molecule has 0 saturated heterocycles. The van der Waals surface area contributed by atoms with E-state index >= 15 is 0 Å². The van der Waals surface area contributed by atoms with Crippen molar-refractivity contribution in [1.82, 2.24) is 15.0 Å². The summed E-state index contributed by atoms with van der Waals surface area (Å²) >= 11 is 5.89. The number of rotatable bonds is 15. The Kier molecular flexibility index (Phi) is 18.1. The minimum Gasteiger partial charge on any atom is -0.369 e. The summed E-state index contributed by atoms with van der Waals surface area (Å²) in [6.45, 7) is 28.4. The molecule has 62 heavy (non-hydrogen) atoms. The van der Waals surface area contributed by atoms with E-state index in [1.807, 2.05) is 78.8 Å². The van der Waals surface area contributed by atoms with Gasteiger partial charge < -0.3 is 11.1 Å². The molecule has 0 aliphatic heterocycles. The first kappa shape index (κ1) is 50.4. The van der Waals surface area contributed by atoms with Crippen molar-refractivity contribution in [3.05, 3.63) is 142 Å². The van der Waals surface area contributed by atoms with E-state index in [0.717, 1.165) is 55.5 Å². The first-order chi connectivity index (χ1) is 29.1. The van der Waals surface area contributed by atoms with E-state index in [1.165, 1.54) is 0 Å². The lowest BCUT2D eigenvalue weighted by molar-refractivity contribution is -0.120. The monoisotopic (exact) mass is 865 g/mol. The number of hydrogen-bond acceptors (Lipinski definition) is 7. The zero-order chi connectivity index (χ0) is 46.6. The Hall–Kier alpha value is -5.94. The van der Waals surface area contributed by atoms with Crippen LogP contribution in [0, 0.1) is 24.2 Å². The first-order valence-electron chi connectivity index (χ1n) is 20.4. The third kappa shape index (κ3) is 13.3. The molecule has 0 bridgehead atoms. The van der Waals surface area contributed by atoms with Crippen LogP contribution in [0.3, 0.4) is 0 Å². The predicted molar refractivity (Wildman–Crippen MR) is 248 cm³/mol. The van der Waals surface area contributed by atoms with Crippen LogP contribution in [-0.4, -0.2) is 50.7 Å². The number of allylic oxidation sites excluding steroid dienone is 12. The van der Waals surface area contributed by atoms with Crippen LogP contribution >= 0.6 is 11.6 Å². The van der Waals surface area contributed by atoms with Gasteiger partial charge in [-0.3, -0.25) is 24.2 Å². The Morgan fingerprint density at radius 1 is 0.919 bits per heavy atom. The van der Waals surface area contributed by atoms with Gasteiger partial charge in [-0.1, -0.05) is 77.3 Å². The van der Waals surface area contributed by atoms with Crippen LogP contribution < -0.4 is 11.1 Å². The number of carbonyl (C=O) groups excluding carboxylic acids is 4. The SMILES string of the molecule is C=C(/C=C(C)\C(=C/C)c1cnc2cc(Cl)ncc2c1)C(=O)CC.C=CC(=C\c1cnc(NC(=O)C2CC2F)cc1C)/C(=C/C)C(/C)=C\C(=C)C(=O)CC.CC1(C)C(F)C1C(N)=O. The van der Waals surface area contributed by atoms with Crippen molar-refractivity contribution in [1.29, 1.82) is 0 Å². The summed E-state index contributed by atoms with van der Waals surface area (Å²) in [6.07, 6.45) is 15.6. The number of halogens is 3. The summed E-state index contributed by atoms with van der Waals surface area (Å²) in [5.74, 6) is -1.48. The number of anilines is 1. The molecule has 2 aliphatic carbocycles. The minimum absolute atomic E-state index is 0.0110. The molecule has 3 aromatic heterocycles. The number of primary amides is 1. The number of alkyl halides is 2. The smallest absolute Gasteiger partial charge is 0.231 e. The van der Waals surface area contributed by atoms with Crippen LogP contribution in [0.5, 0.6) is 0 Å². The number of carbonyl (C=O) groups is 4. The molecule has 0 radical (unpaired) electrons. The number of nitrogens with zero attached hydrogens (tertiary/aromatic N) is 3. The summed E-state index contributed by atoms with van der Waals surface area (Å²) in [6, 6.07) is 5.52. The molecular weight excluding hydrogens is 808 g/mol. The van der Waals surface area contributed by atoms with E-state index in [9.17, 15) is 28.0 Å². The number of nitrogens with two attached hydrogens (primary N) is 1. The largest absolute Gasteiger partial charge is 0.369 e. The number of pyridine rings is 3. The Labute approximate surface area is 369 Å². The molecule has 3 aromatic rings. The number of hydrogen-bond donors (Lipinski definition) is 2. The highest BCUT2D eigenvalue weighted by molar-refractivity contribution is 6.30. The second-order valence-corrected chi connectivity index (χ2v) is 16.2. The molecule has 0 spiro atoms. The van der Waals surface area contributed by atoms with E-state index in [0.29, 0.717) is 35.0 Å². The van der Waals surface area contributed by atoms with Gasteiger partial charge >= 0.3 is 0 Å².